The third-order valence-corrected chi connectivity index (χ3v) is 12.3. The molecule has 29 heteroatoms. The van der Waals surface area contributed by atoms with E-state index in [9.17, 15) is 51.0 Å². The number of ether oxygens (including phenoxy) is 3. The first-order chi connectivity index (χ1) is 37.8. The molecule has 3 unspecified atom stereocenters. The molecule has 0 aromatic heterocycles. The maximum atomic E-state index is 13.4. The van der Waals surface area contributed by atoms with E-state index in [1.54, 1.807) is 12.1 Å². The molecule has 3 atom stereocenters. The Morgan fingerprint density at radius 1 is 0.418 bits per heavy atom. The predicted molar refractivity (Wildman–Crippen MR) is 295 cm³/mol. The zero-order valence-electron chi connectivity index (χ0n) is 43.8. The van der Waals surface area contributed by atoms with Crippen molar-refractivity contribution in [2.24, 2.45) is 0 Å². The van der Waals surface area contributed by atoms with Crippen molar-refractivity contribution in [2.75, 3.05) is 86.5 Å². The van der Waals surface area contributed by atoms with Crippen LogP contribution in [0, 0.1) is 0 Å². The van der Waals surface area contributed by atoms with Gasteiger partial charge in [-0.3, -0.25) is 61.4 Å². The van der Waals surface area contributed by atoms with Gasteiger partial charge < -0.3 is 50.9 Å². The molecule has 0 saturated carbocycles. The Bertz CT molecular complexity index is 2260. The molecule has 0 spiro atoms. The van der Waals surface area contributed by atoms with Gasteiger partial charge in [-0.25, -0.2) is 12.6 Å². The van der Waals surface area contributed by atoms with Gasteiger partial charge in [0.1, 0.15) is 11.3 Å². The first kappa shape index (κ1) is 66.7. The maximum absolute atomic E-state index is 13.4. The number of carbonyl (C=O) groups excluding carboxylic acids is 8. The SMILES string of the molecule is CC(=O)CCCC(=O)NC(COCCC(=O)NCCCCC(=O)c1ccc(NS(=O)O)cc1)(COCCC(=O)NCCCNC(=O)c1ccc(NS(=O)O)cc1)COCCC(=O)NCCCNC(=O)c1ccc(NS(=O)O)cc1. The second kappa shape index (κ2) is 38.1. The lowest BCUT2D eigenvalue weighted by atomic mass is 10.0. The fourth-order valence-corrected chi connectivity index (χ4v) is 8.09. The number of ketones is 2. The lowest BCUT2D eigenvalue weighted by Crippen LogP contribution is -2.58. The largest absolute Gasteiger partial charge is 0.378 e. The van der Waals surface area contributed by atoms with Crippen LogP contribution in [0.5, 0.6) is 0 Å². The van der Waals surface area contributed by atoms with Gasteiger partial charge in [-0.2, -0.15) is 0 Å². The van der Waals surface area contributed by atoms with Crippen LogP contribution in [0.1, 0.15) is 109 Å². The second-order valence-electron chi connectivity index (χ2n) is 17.7. The molecule has 79 heavy (non-hydrogen) atoms. The van der Waals surface area contributed by atoms with Gasteiger partial charge in [0.25, 0.3) is 45.6 Å². The van der Waals surface area contributed by atoms with Gasteiger partial charge in [-0.1, -0.05) is 0 Å². The Hall–Kier alpha value is -6.57. The minimum atomic E-state index is -2.26. The summed E-state index contributed by atoms with van der Waals surface area (Å²) >= 11 is -6.75. The van der Waals surface area contributed by atoms with Crippen LogP contribution in [0.25, 0.3) is 0 Å². The van der Waals surface area contributed by atoms with E-state index >= 15 is 0 Å². The van der Waals surface area contributed by atoms with E-state index in [2.05, 4.69) is 46.1 Å². The van der Waals surface area contributed by atoms with E-state index in [0.717, 1.165) is 0 Å². The highest BCUT2D eigenvalue weighted by Gasteiger charge is 2.34. The maximum Gasteiger partial charge on any atom is 0.259 e. The molecule has 26 nitrogen and oxygen atoms in total. The topological polar surface area (TPSA) is 384 Å². The summed E-state index contributed by atoms with van der Waals surface area (Å²) in [5.74, 6) is -2.50. The number of amides is 6. The summed E-state index contributed by atoms with van der Waals surface area (Å²) in [7, 11) is 0. The molecule has 6 amide bonds. The quantitative estimate of drug-likeness (QED) is 0.0220. The highest BCUT2D eigenvalue weighted by atomic mass is 32.2. The van der Waals surface area contributed by atoms with Crippen molar-refractivity contribution in [1.29, 1.82) is 0 Å². The number of carbonyl (C=O) groups is 8. The van der Waals surface area contributed by atoms with Crippen LogP contribution in [-0.2, 0) is 72.0 Å². The average molecular weight is 1170 g/mol. The molecule has 3 aromatic rings. The fraction of sp³-hybridized carbons (Fsp3) is 0.480. The van der Waals surface area contributed by atoms with E-state index in [1.165, 1.54) is 67.6 Å². The van der Waals surface area contributed by atoms with E-state index in [1.807, 2.05) is 0 Å². The molecule has 3 aromatic carbocycles. The highest BCUT2D eigenvalue weighted by Crippen LogP contribution is 2.15. The number of Topliss-reactive ketones (excluding diaryl/α,β-unsaturated/α-hetero) is 2. The Morgan fingerprint density at radius 3 is 1.14 bits per heavy atom. The summed E-state index contributed by atoms with van der Waals surface area (Å²) in [5, 5.41) is 16.7. The number of benzene rings is 3. The number of nitrogens with one attached hydrogen (secondary N) is 9. The highest BCUT2D eigenvalue weighted by molar-refractivity contribution is 7.81. The van der Waals surface area contributed by atoms with E-state index in [0.29, 0.717) is 59.4 Å². The molecule has 12 N–H and O–H groups in total. The second-order valence-corrected chi connectivity index (χ2v) is 19.8. The van der Waals surface area contributed by atoms with E-state index < -0.39 is 45.2 Å². The van der Waals surface area contributed by atoms with Crippen molar-refractivity contribution in [2.45, 2.75) is 83.1 Å². The number of unbranched alkanes of at least 4 members (excludes halogenated alkanes) is 1. The predicted octanol–water partition coefficient (Wildman–Crippen LogP) is 2.51. The molecule has 3 rings (SSSR count). The average Bonchev–Trinajstić information content (AvgIpc) is 3.39. The van der Waals surface area contributed by atoms with Crippen LogP contribution in [0.4, 0.5) is 17.1 Å². The van der Waals surface area contributed by atoms with Gasteiger partial charge in [0.2, 0.25) is 23.6 Å². The minimum absolute atomic E-state index is 0.0340. The number of anilines is 3. The molecule has 0 heterocycles. The number of hydrogen-bond acceptors (Lipinski definition) is 14. The van der Waals surface area contributed by atoms with E-state index in [4.69, 9.17) is 27.9 Å². The summed E-state index contributed by atoms with van der Waals surface area (Å²) in [4.78, 5) is 101. The Kier molecular flexibility index (Phi) is 32.2. The van der Waals surface area contributed by atoms with Gasteiger partial charge >= 0.3 is 0 Å². The third-order valence-electron chi connectivity index (χ3n) is 11.1. The van der Waals surface area contributed by atoms with Crippen LogP contribution >= 0.6 is 0 Å². The molecule has 0 fully saturated rings. The van der Waals surface area contributed by atoms with Gasteiger partial charge in [0.15, 0.2) is 5.78 Å². The fourth-order valence-electron chi connectivity index (χ4n) is 7.08. The molecule has 0 saturated heterocycles. The van der Waals surface area contributed by atoms with Crippen molar-refractivity contribution in [3.05, 3.63) is 89.5 Å². The number of rotatable bonds is 42. The summed E-state index contributed by atoms with van der Waals surface area (Å²) in [5.41, 5.74) is 0.781. The summed E-state index contributed by atoms with van der Waals surface area (Å²) in [6.07, 6.45) is 2.13. The zero-order chi connectivity index (χ0) is 57.8. The standard InChI is InChI=1S/C50H71N9O17S3/c1-36(60)7-4-9-47(65)56-50(33-74-30-22-44(62)51-25-3-2-8-43(61)37-10-16-40(17-11-37)57-77(68)69,34-75-31-23-45(63)52-26-5-28-54-48(66)38-12-18-41(19-13-38)58-78(70)71)35-76-32-24-46(64)53-27-6-29-55-49(67)39-14-20-42(21-15-39)59-79(72)73/h10-21,57-59H,2-9,22-35H2,1H3,(H,51,62)(H,52,63)(H,53,64)(H,54,66)(H,55,67)(H,56,65)(H,68,69)(H,70,71)(H,72,73). The molecule has 0 bridgehead atoms. The van der Waals surface area contributed by atoms with Gasteiger partial charge in [-0.05, 0) is 112 Å². The third kappa shape index (κ3) is 30.4. The normalized spacial score (nSPS) is 12.8. The first-order valence-corrected chi connectivity index (χ1v) is 28.5. The van der Waals surface area contributed by atoms with Gasteiger partial charge in [0, 0.05) is 105 Å². The van der Waals surface area contributed by atoms with Crippen molar-refractivity contribution in [3.8, 4) is 0 Å². The minimum Gasteiger partial charge on any atom is -0.378 e. The van der Waals surface area contributed by atoms with Crippen molar-refractivity contribution in [3.63, 3.8) is 0 Å². The van der Waals surface area contributed by atoms with Crippen LogP contribution in [-0.4, -0.2) is 151 Å². The monoisotopic (exact) mass is 1170 g/mol. The van der Waals surface area contributed by atoms with Gasteiger partial charge in [0.05, 0.1) is 39.6 Å². The summed E-state index contributed by atoms with van der Waals surface area (Å²) in [6.45, 7) is 1.60. The Labute approximate surface area is 465 Å². The van der Waals surface area contributed by atoms with Crippen molar-refractivity contribution in [1.82, 2.24) is 31.9 Å². The molecule has 436 valence electrons. The Morgan fingerprint density at radius 2 is 0.772 bits per heavy atom. The smallest absolute Gasteiger partial charge is 0.259 e. The molecular weight excluding hydrogens is 1090 g/mol. The van der Waals surface area contributed by atoms with Gasteiger partial charge in [-0.15, -0.1) is 0 Å². The molecule has 0 aliphatic rings. The van der Waals surface area contributed by atoms with Crippen LogP contribution in [0.3, 0.4) is 0 Å². The summed E-state index contributed by atoms with van der Waals surface area (Å²) < 4.78 is 84.4. The zero-order valence-corrected chi connectivity index (χ0v) is 46.2. The molecular formula is C50H71N9O17S3. The van der Waals surface area contributed by atoms with Crippen LogP contribution in [0.2, 0.25) is 0 Å². The lowest BCUT2D eigenvalue weighted by Gasteiger charge is -2.34. The van der Waals surface area contributed by atoms with Crippen LogP contribution < -0.4 is 46.1 Å². The van der Waals surface area contributed by atoms with Crippen molar-refractivity contribution >= 4 is 97.9 Å². The van der Waals surface area contributed by atoms with E-state index in [-0.39, 0.29) is 158 Å². The first-order valence-electron chi connectivity index (χ1n) is 25.2. The summed E-state index contributed by atoms with van der Waals surface area (Å²) in [6, 6.07) is 18.0. The number of hydrogen-bond donors (Lipinski definition) is 12. The lowest BCUT2D eigenvalue weighted by molar-refractivity contribution is -0.131. The van der Waals surface area contributed by atoms with Crippen LogP contribution in [0.15, 0.2) is 72.8 Å². The van der Waals surface area contributed by atoms with Crippen molar-refractivity contribution < 1.29 is 78.9 Å². The Balaban J connectivity index is 1.53. The molecule has 0 aliphatic heterocycles. The molecule has 0 radical (unpaired) electrons. The molecule has 0 aliphatic carbocycles.